The van der Waals surface area contributed by atoms with E-state index in [1.807, 2.05) is 43.9 Å². The Labute approximate surface area is 332 Å². The number of carbonyl (C=O) groups is 2. The Kier molecular flexibility index (Phi) is 12.7. The lowest BCUT2D eigenvalue weighted by molar-refractivity contribution is -0.385. The van der Waals surface area contributed by atoms with E-state index in [2.05, 4.69) is 25.5 Å². The first-order chi connectivity index (χ1) is 26.9. The number of rotatable bonds is 10. The van der Waals surface area contributed by atoms with E-state index in [1.165, 1.54) is 12.8 Å². The van der Waals surface area contributed by atoms with Gasteiger partial charge >= 0.3 is 12.3 Å². The number of alkyl halides is 3. The van der Waals surface area contributed by atoms with Crippen molar-refractivity contribution in [3.63, 3.8) is 0 Å². The fourth-order valence-electron chi connectivity index (χ4n) is 8.74. The summed E-state index contributed by atoms with van der Waals surface area (Å²) in [5.41, 5.74) is 0.0111. The number of non-ortho nitro benzene ring substituents is 1. The Morgan fingerprint density at radius 2 is 1.67 bits per heavy atom. The van der Waals surface area contributed by atoms with E-state index in [9.17, 15) is 32.9 Å². The lowest BCUT2D eigenvalue weighted by atomic mass is 9.65. The van der Waals surface area contributed by atoms with Crippen molar-refractivity contribution >= 4 is 34.4 Å². The standard InChI is InChI=1S/C42H56F3N7O5/c1-27(32-22-33(42(43,44)45)25-34(23-32)52(55)56)47-38-35-24-31(6-7-36(35)48-28(2)49-38)30-11-18-50(19-12-30)26-37(53)46-17-10-29-8-13-41(14-9-29)15-20-51(21-16-41)39(54)57-40(3,4)5/h6-7,22-25,27,29-30H,8-21,26H2,1-5H3,(H,46,53)(H,47,48,49)/t27-/m1/s1. The number of aromatic nitrogens is 2. The molecule has 0 bridgehead atoms. The smallest absolute Gasteiger partial charge is 0.416 e. The van der Waals surface area contributed by atoms with Crippen LogP contribution in [0.3, 0.4) is 0 Å². The van der Waals surface area contributed by atoms with E-state index in [4.69, 9.17) is 4.74 Å². The Morgan fingerprint density at radius 1 is 0.982 bits per heavy atom. The topological polar surface area (TPSA) is 143 Å². The quantitative estimate of drug-likeness (QED) is 0.152. The highest BCUT2D eigenvalue weighted by molar-refractivity contribution is 5.90. The third-order valence-corrected chi connectivity index (χ3v) is 12.1. The molecule has 2 saturated heterocycles. The van der Waals surface area contributed by atoms with Crippen LogP contribution in [0, 0.1) is 28.4 Å². The van der Waals surface area contributed by atoms with Gasteiger partial charge in [0.2, 0.25) is 5.91 Å². The third kappa shape index (κ3) is 10.9. The van der Waals surface area contributed by atoms with Gasteiger partial charge in [0, 0.05) is 37.2 Å². The highest BCUT2D eigenvalue weighted by atomic mass is 19.4. The number of nitro benzene ring substituents is 1. The first kappa shape index (κ1) is 42.1. The summed E-state index contributed by atoms with van der Waals surface area (Å²) in [4.78, 5) is 49.2. The van der Waals surface area contributed by atoms with Gasteiger partial charge in [-0.05, 0) is 152 Å². The molecule has 57 heavy (non-hydrogen) atoms. The molecule has 3 heterocycles. The van der Waals surface area contributed by atoms with Gasteiger partial charge in [-0.1, -0.05) is 6.07 Å². The van der Waals surface area contributed by atoms with Crippen molar-refractivity contribution in [1.82, 2.24) is 25.1 Å². The highest BCUT2D eigenvalue weighted by Gasteiger charge is 2.40. The Bertz CT molecular complexity index is 1930. The van der Waals surface area contributed by atoms with E-state index in [0.717, 1.165) is 88.8 Å². The van der Waals surface area contributed by atoms with Crippen LogP contribution in [0.25, 0.3) is 10.9 Å². The molecule has 2 aliphatic heterocycles. The molecule has 1 spiro atoms. The van der Waals surface area contributed by atoms with Crippen molar-refractivity contribution in [2.45, 2.75) is 116 Å². The number of fused-ring (bicyclic) bond motifs is 1. The average molecular weight is 796 g/mol. The molecule has 0 radical (unpaired) electrons. The molecule has 3 aliphatic rings. The molecular weight excluding hydrogens is 739 g/mol. The first-order valence-electron chi connectivity index (χ1n) is 20.2. The second kappa shape index (κ2) is 17.1. The summed E-state index contributed by atoms with van der Waals surface area (Å²) in [6, 6.07) is 7.88. The molecule has 12 nitrogen and oxygen atoms in total. The number of aryl methyl sites for hydroxylation is 1. The van der Waals surface area contributed by atoms with Crippen LogP contribution in [0.2, 0.25) is 0 Å². The van der Waals surface area contributed by atoms with Gasteiger partial charge in [0.05, 0.1) is 28.6 Å². The average Bonchev–Trinajstić information content (AvgIpc) is 3.15. The van der Waals surface area contributed by atoms with Crippen LogP contribution in [0.4, 0.5) is 29.5 Å². The minimum absolute atomic E-state index is 0.0457. The monoisotopic (exact) mass is 795 g/mol. The maximum absolute atomic E-state index is 13.6. The van der Waals surface area contributed by atoms with E-state index >= 15 is 0 Å². The number of nitrogens with zero attached hydrogens (tertiary/aromatic N) is 5. The molecular formula is C42H56F3N7O5. The van der Waals surface area contributed by atoms with Crippen molar-refractivity contribution in [1.29, 1.82) is 0 Å². The SMILES string of the molecule is Cc1nc(N[C@H](C)c2cc([N+](=O)[O-])cc(C(F)(F)F)c2)c2cc(C3CCN(CC(=O)NCCC4CCC5(CC4)CCN(C(=O)OC(C)(C)C)CC5)CC3)ccc2n1. The van der Waals surface area contributed by atoms with Gasteiger partial charge in [-0.15, -0.1) is 0 Å². The number of likely N-dealkylation sites (tertiary alicyclic amines) is 2. The van der Waals surface area contributed by atoms with Crippen LogP contribution in [-0.2, 0) is 15.7 Å². The zero-order valence-corrected chi connectivity index (χ0v) is 33.7. The highest BCUT2D eigenvalue weighted by Crippen LogP contribution is 2.47. The van der Waals surface area contributed by atoms with Gasteiger partial charge in [-0.3, -0.25) is 19.8 Å². The largest absolute Gasteiger partial charge is 0.444 e. The molecule has 2 N–H and O–H groups in total. The summed E-state index contributed by atoms with van der Waals surface area (Å²) in [5, 5.41) is 18.5. The van der Waals surface area contributed by atoms with Crippen LogP contribution in [0.15, 0.2) is 36.4 Å². The summed E-state index contributed by atoms with van der Waals surface area (Å²) in [5.74, 6) is 1.81. The predicted octanol–water partition coefficient (Wildman–Crippen LogP) is 8.93. The number of hydrogen-bond donors (Lipinski definition) is 2. The normalized spacial score (nSPS) is 19.1. The maximum atomic E-state index is 13.6. The number of hydrogen-bond acceptors (Lipinski definition) is 9. The molecule has 2 aromatic carbocycles. The Morgan fingerprint density at radius 3 is 2.30 bits per heavy atom. The molecule has 2 amide bonds. The van der Waals surface area contributed by atoms with Crippen molar-refractivity contribution < 1.29 is 32.4 Å². The summed E-state index contributed by atoms with van der Waals surface area (Å²) < 4.78 is 46.3. The minimum Gasteiger partial charge on any atom is -0.444 e. The predicted molar refractivity (Wildman–Crippen MR) is 212 cm³/mol. The van der Waals surface area contributed by atoms with Crippen molar-refractivity contribution in [3.8, 4) is 0 Å². The molecule has 3 aromatic rings. The van der Waals surface area contributed by atoms with Crippen LogP contribution in [0.1, 0.15) is 120 Å². The number of halogens is 3. The number of amides is 2. The number of piperidine rings is 2. The third-order valence-electron chi connectivity index (χ3n) is 12.1. The van der Waals surface area contributed by atoms with E-state index in [-0.39, 0.29) is 23.5 Å². The number of nitrogens with one attached hydrogen (secondary N) is 2. The van der Waals surface area contributed by atoms with E-state index in [0.29, 0.717) is 53.0 Å². The molecule has 15 heteroatoms. The first-order valence-corrected chi connectivity index (χ1v) is 20.2. The molecule has 0 unspecified atom stereocenters. The zero-order chi connectivity index (χ0) is 41.1. The van der Waals surface area contributed by atoms with E-state index in [1.54, 1.807) is 13.8 Å². The van der Waals surface area contributed by atoms with E-state index < -0.39 is 34.0 Å². The second-order valence-electron chi connectivity index (χ2n) is 17.4. The molecule has 310 valence electrons. The fourth-order valence-corrected chi connectivity index (χ4v) is 8.74. The summed E-state index contributed by atoms with van der Waals surface area (Å²) in [7, 11) is 0. The number of anilines is 1. The van der Waals surface area contributed by atoms with Crippen molar-refractivity contribution in [2.75, 3.05) is 44.6 Å². The van der Waals surface area contributed by atoms with Gasteiger partial charge in [-0.2, -0.15) is 13.2 Å². The lowest BCUT2D eigenvalue weighted by Gasteiger charge is -2.46. The minimum atomic E-state index is -4.74. The number of nitro groups is 1. The Balaban J connectivity index is 0.961. The molecule has 1 aromatic heterocycles. The van der Waals surface area contributed by atoms with Crippen molar-refractivity contribution in [3.05, 3.63) is 69.0 Å². The molecule has 1 aliphatic carbocycles. The second-order valence-corrected chi connectivity index (χ2v) is 17.4. The molecule has 3 fully saturated rings. The van der Waals surface area contributed by atoms with Gasteiger partial charge in [0.25, 0.3) is 5.69 Å². The summed E-state index contributed by atoms with van der Waals surface area (Å²) in [6.45, 7) is 13.2. The summed E-state index contributed by atoms with van der Waals surface area (Å²) in [6.07, 6.45) is 4.48. The molecule has 1 saturated carbocycles. The number of ether oxygens (including phenoxy) is 1. The van der Waals surface area contributed by atoms with Gasteiger partial charge < -0.3 is 20.3 Å². The maximum Gasteiger partial charge on any atom is 0.416 e. The van der Waals surface area contributed by atoms with Crippen LogP contribution < -0.4 is 10.6 Å². The van der Waals surface area contributed by atoms with Crippen LogP contribution in [0.5, 0.6) is 0 Å². The van der Waals surface area contributed by atoms with Crippen molar-refractivity contribution in [2.24, 2.45) is 11.3 Å². The lowest BCUT2D eigenvalue weighted by Crippen LogP contribution is -2.46. The Hall–Kier alpha value is -4.53. The molecule has 6 rings (SSSR count). The number of benzene rings is 2. The zero-order valence-electron chi connectivity index (χ0n) is 33.7. The number of carbonyl (C=O) groups excluding carboxylic acids is 2. The van der Waals surface area contributed by atoms with Crippen LogP contribution in [-0.4, -0.2) is 81.6 Å². The van der Waals surface area contributed by atoms with Gasteiger partial charge in [0.15, 0.2) is 0 Å². The summed E-state index contributed by atoms with van der Waals surface area (Å²) >= 11 is 0. The van der Waals surface area contributed by atoms with Gasteiger partial charge in [0.1, 0.15) is 17.2 Å². The van der Waals surface area contributed by atoms with Gasteiger partial charge in [-0.25, -0.2) is 14.8 Å². The van der Waals surface area contributed by atoms with Crippen LogP contribution >= 0.6 is 0 Å². The molecule has 1 atom stereocenters. The fraction of sp³-hybridized carbons (Fsp3) is 0.619.